The van der Waals surface area contributed by atoms with Gasteiger partial charge in [0.1, 0.15) is 0 Å². The largest absolute Gasteiger partial charge is 0.477 e. The van der Waals surface area contributed by atoms with Crippen LogP contribution in [0.3, 0.4) is 0 Å². The van der Waals surface area contributed by atoms with Crippen molar-refractivity contribution in [2.24, 2.45) is 0 Å². The van der Waals surface area contributed by atoms with E-state index in [0.717, 1.165) is 6.07 Å². The van der Waals surface area contributed by atoms with Crippen LogP contribution in [0, 0.1) is 10.1 Å². The lowest BCUT2D eigenvalue weighted by Gasteiger charge is -2.27. The zero-order chi connectivity index (χ0) is 14.9. The van der Waals surface area contributed by atoms with Gasteiger partial charge in [-0.05, 0) is 19.4 Å². The second kappa shape index (κ2) is 5.41. The summed E-state index contributed by atoms with van der Waals surface area (Å²) in [6, 6.07) is 2.24. The van der Waals surface area contributed by atoms with Gasteiger partial charge in [-0.15, -0.1) is 0 Å². The van der Waals surface area contributed by atoms with Crippen LogP contribution in [0.4, 0.5) is 11.5 Å². The van der Waals surface area contributed by atoms with Crippen LogP contribution < -0.4 is 4.90 Å². The standard InChI is InChI=1S/C12H15N3O5/c1-7-9(5-6-20-7)14(2)11-10(15(18)19)4-3-8(13-11)12(16)17/h3-4,7,9H,5-6H2,1-2H3,(H,16,17). The van der Waals surface area contributed by atoms with Crippen molar-refractivity contribution < 1.29 is 19.6 Å². The smallest absolute Gasteiger partial charge is 0.354 e. The van der Waals surface area contributed by atoms with Crippen LogP contribution in [-0.2, 0) is 4.74 Å². The molecule has 2 unspecified atom stereocenters. The van der Waals surface area contributed by atoms with Crippen LogP contribution in [0.1, 0.15) is 23.8 Å². The lowest BCUT2D eigenvalue weighted by molar-refractivity contribution is -0.384. The molecule has 1 fully saturated rings. The maximum atomic E-state index is 11.1. The molecule has 1 aromatic rings. The molecule has 1 aliphatic rings. The van der Waals surface area contributed by atoms with Gasteiger partial charge in [0.2, 0.25) is 5.82 Å². The molecule has 108 valence electrons. The van der Waals surface area contributed by atoms with E-state index in [1.54, 1.807) is 11.9 Å². The van der Waals surface area contributed by atoms with Gasteiger partial charge in [-0.2, -0.15) is 0 Å². The van der Waals surface area contributed by atoms with E-state index in [2.05, 4.69) is 4.98 Å². The second-order valence-corrected chi connectivity index (χ2v) is 4.64. The van der Waals surface area contributed by atoms with Crippen LogP contribution >= 0.6 is 0 Å². The fourth-order valence-electron chi connectivity index (χ4n) is 2.35. The summed E-state index contributed by atoms with van der Waals surface area (Å²) in [5.41, 5.74) is -0.430. The van der Waals surface area contributed by atoms with E-state index in [4.69, 9.17) is 9.84 Å². The van der Waals surface area contributed by atoms with Gasteiger partial charge < -0.3 is 14.7 Å². The monoisotopic (exact) mass is 281 g/mol. The van der Waals surface area contributed by atoms with Crippen molar-refractivity contribution in [3.05, 3.63) is 27.9 Å². The van der Waals surface area contributed by atoms with Crippen LogP contribution in [0.25, 0.3) is 0 Å². The van der Waals surface area contributed by atoms with Gasteiger partial charge in [0, 0.05) is 19.7 Å². The Labute approximate surface area is 115 Å². The summed E-state index contributed by atoms with van der Waals surface area (Å²) >= 11 is 0. The molecule has 20 heavy (non-hydrogen) atoms. The molecule has 8 heteroatoms. The van der Waals surface area contributed by atoms with Crippen molar-refractivity contribution in [2.45, 2.75) is 25.5 Å². The Morgan fingerprint density at radius 1 is 1.60 bits per heavy atom. The molecule has 0 aromatic carbocycles. The molecule has 0 spiro atoms. The van der Waals surface area contributed by atoms with E-state index >= 15 is 0 Å². The zero-order valence-electron chi connectivity index (χ0n) is 11.1. The molecule has 2 rings (SSSR count). The second-order valence-electron chi connectivity index (χ2n) is 4.64. The fraction of sp³-hybridized carbons (Fsp3) is 0.500. The number of carboxylic acid groups (broad SMARTS) is 1. The molecule has 0 saturated carbocycles. The number of nitrogens with zero attached hydrogens (tertiary/aromatic N) is 3. The quantitative estimate of drug-likeness (QED) is 0.654. The molecular weight excluding hydrogens is 266 g/mol. The lowest BCUT2D eigenvalue weighted by atomic mass is 10.1. The first-order valence-electron chi connectivity index (χ1n) is 6.15. The van der Waals surface area contributed by atoms with Crippen LogP contribution in [0.15, 0.2) is 12.1 Å². The molecule has 0 bridgehead atoms. The minimum absolute atomic E-state index is 0.0530. The van der Waals surface area contributed by atoms with Gasteiger partial charge in [0.05, 0.1) is 17.1 Å². The van der Waals surface area contributed by atoms with Crippen molar-refractivity contribution in [1.82, 2.24) is 4.98 Å². The highest BCUT2D eigenvalue weighted by atomic mass is 16.6. The molecular formula is C12H15N3O5. The zero-order valence-corrected chi connectivity index (χ0v) is 11.1. The minimum Gasteiger partial charge on any atom is -0.477 e. The summed E-state index contributed by atoms with van der Waals surface area (Å²) in [7, 11) is 1.66. The molecule has 0 aliphatic carbocycles. The number of carbonyl (C=O) groups is 1. The fourth-order valence-corrected chi connectivity index (χ4v) is 2.35. The Kier molecular flexibility index (Phi) is 3.84. The highest BCUT2D eigenvalue weighted by Gasteiger charge is 2.32. The van der Waals surface area contributed by atoms with Crippen molar-refractivity contribution in [3.63, 3.8) is 0 Å². The van der Waals surface area contributed by atoms with Crippen LogP contribution in [-0.4, -0.2) is 46.8 Å². The highest BCUT2D eigenvalue weighted by Crippen LogP contribution is 2.30. The van der Waals surface area contributed by atoms with Crippen molar-refractivity contribution in [2.75, 3.05) is 18.6 Å². The van der Waals surface area contributed by atoms with Crippen LogP contribution in [0.2, 0.25) is 0 Å². The lowest BCUT2D eigenvalue weighted by Crippen LogP contribution is -2.37. The number of aromatic nitrogens is 1. The van der Waals surface area contributed by atoms with E-state index in [1.807, 2.05) is 6.92 Å². The predicted molar refractivity (Wildman–Crippen MR) is 70.1 cm³/mol. The van der Waals surface area contributed by atoms with Crippen LogP contribution in [0.5, 0.6) is 0 Å². The SMILES string of the molecule is CC1OCCC1N(C)c1nc(C(=O)O)ccc1[N+](=O)[O-]. The summed E-state index contributed by atoms with van der Waals surface area (Å²) in [6.07, 6.45) is 0.628. The first-order valence-corrected chi connectivity index (χ1v) is 6.15. The number of anilines is 1. The number of rotatable bonds is 4. The van der Waals surface area contributed by atoms with E-state index in [1.165, 1.54) is 6.07 Å². The Bertz CT molecular complexity index is 548. The van der Waals surface area contributed by atoms with Crippen molar-refractivity contribution >= 4 is 17.5 Å². The first kappa shape index (κ1) is 14.2. The number of likely N-dealkylation sites (N-methyl/N-ethyl adjacent to an activating group) is 1. The highest BCUT2D eigenvalue weighted by molar-refractivity contribution is 5.86. The number of carboxylic acids is 1. The summed E-state index contributed by atoms with van der Waals surface area (Å²) in [5, 5.41) is 20.0. The van der Waals surface area contributed by atoms with E-state index < -0.39 is 10.9 Å². The van der Waals surface area contributed by atoms with Gasteiger partial charge in [-0.3, -0.25) is 10.1 Å². The third kappa shape index (κ3) is 2.55. The van der Waals surface area contributed by atoms with E-state index in [0.29, 0.717) is 13.0 Å². The van der Waals surface area contributed by atoms with Gasteiger partial charge in [0.15, 0.2) is 5.69 Å². The Morgan fingerprint density at radius 2 is 2.30 bits per heavy atom. The maximum absolute atomic E-state index is 11.1. The first-order chi connectivity index (χ1) is 9.41. The molecule has 1 N–H and O–H groups in total. The van der Waals surface area contributed by atoms with E-state index in [-0.39, 0.29) is 29.3 Å². The third-order valence-corrected chi connectivity index (χ3v) is 3.44. The van der Waals surface area contributed by atoms with Gasteiger partial charge in [-0.25, -0.2) is 9.78 Å². The van der Waals surface area contributed by atoms with E-state index in [9.17, 15) is 14.9 Å². The van der Waals surface area contributed by atoms with Gasteiger partial charge in [0.25, 0.3) is 0 Å². The Balaban J connectivity index is 2.43. The average Bonchev–Trinajstić information content (AvgIpc) is 2.83. The third-order valence-electron chi connectivity index (χ3n) is 3.44. The molecule has 1 saturated heterocycles. The molecule has 0 radical (unpaired) electrons. The normalized spacial score (nSPS) is 21.7. The number of nitro groups is 1. The molecule has 8 nitrogen and oxygen atoms in total. The van der Waals surface area contributed by atoms with Crippen molar-refractivity contribution in [1.29, 1.82) is 0 Å². The minimum atomic E-state index is -1.22. The number of aromatic carboxylic acids is 1. The summed E-state index contributed by atoms with van der Waals surface area (Å²) in [6.45, 7) is 2.45. The molecule has 2 atom stereocenters. The average molecular weight is 281 g/mol. The Hall–Kier alpha value is -2.22. The van der Waals surface area contributed by atoms with Gasteiger partial charge >= 0.3 is 11.7 Å². The maximum Gasteiger partial charge on any atom is 0.354 e. The topological polar surface area (TPSA) is 106 Å². The Morgan fingerprint density at radius 3 is 2.80 bits per heavy atom. The molecule has 0 amide bonds. The number of hydrogen-bond acceptors (Lipinski definition) is 6. The summed E-state index contributed by atoms with van der Waals surface area (Å²) in [4.78, 5) is 27.0. The predicted octanol–water partition coefficient (Wildman–Crippen LogP) is 1.30. The van der Waals surface area contributed by atoms with Crippen molar-refractivity contribution in [3.8, 4) is 0 Å². The number of pyridine rings is 1. The van der Waals surface area contributed by atoms with Gasteiger partial charge in [-0.1, -0.05) is 0 Å². The number of hydrogen-bond donors (Lipinski definition) is 1. The number of ether oxygens (including phenoxy) is 1. The molecule has 1 aromatic heterocycles. The molecule has 2 heterocycles. The summed E-state index contributed by atoms with van der Waals surface area (Å²) < 4.78 is 5.43. The summed E-state index contributed by atoms with van der Waals surface area (Å²) in [5.74, 6) is -1.16. The molecule has 1 aliphatic heterocycles.